The van der Waals surface area contributed by atoms with Gasteiger partial charge in [-0.15, -0.1) is 0 Å². The van der Waals surface area contributed by atoms with E-state index in [1.54, 1.807) is 20.8 Å². The van der Waals surface area contributed by atoms with E-state index >= 15 is 0 Å². The number of hydrogen-bond acceptors (Lipinski definition) is 6. The maximum Gasteiger partial charge on any atom is 0.416 e. The molecule has 2 unspecified atom stereocenters. The molecule has 0 aliphatic carbocycles. The standard InChI is InChI=1S/C12H14ClN3O5/c1-12(2,3)21-11(20)16-6(10(18)19)7(17)5-8(13)14-4-15-9(5)16/h4,6-7,17H,1-3H3,(H,18,19). The van der Waals surface area contributed by atoms with Gasteiger partial charge in [0.25, 0.3) is 0 Å². The van der Waals surface area contributed by atoms with Crippen LogP contribution < -0.4 is 4.90 Å². The number of aliphatic hydroxyl groups is 1. The zero-order valence-corrected chi connectivity index (χ0v) is 12.3. The van der Waals surface area contributed by atoms with Crippen LogP contribution in [-0.4, -0.2) is 43.9 Å². The summed E-state index contributed by atoms with van der Waals surface area (Å²) < 4.78 is 5.16. The van der Waals surface area contributed by atoms with E-state index < -0.39 is 29.8 Å². The van der Waals surface area contributed by atoms with Crippen molar-refractivity contribution in [3.8, 4) is 0 Å². The highest BCUT2D eigenvalue weighted by atomic mass is 35.5. The van der Waals surface area contributed by atoms with Crippen LogP contribution in [0.1, 0.15) is 32.4 Å². The fraction of sp³-hybridized carbons (Fsp3) is 0.500. The van der Waals surface area contributed by atoms with E-state index in [9.17, 15) is 19.8 Å². The fourth-order valence-corrected chi connectivity index (χ4v) is 2.24. The lowest BCUT2D eigenvalue weighted by Gasteiger charge is -2.27. The largest absolute Gasteiger partial charge is 0.480 e. The quantitative estimate of drug-likeness (QED) is 0.752. The Kier molecular flexibility index (Phi) is 3.77. The van der Waals surface area contributed by atoms with Crippen molar-refractivity contribution < 1.29 is 24.5 Å². The molecule has 0 bridgehead atoms. The molecule has 2 rings (SSSR count). The van der Waals surface area contributed by atoms with Crippen LogP contribution in [-0.2, 0) is 9.53 Å². The molecule has 1 amide bonds. The number of amides is 1. The number of carboxylic acids is 1. The number of halogens is 1. The predicted molar refractivity (Wildman–Crippen MR) is 72.1 cm³/mol. The molecule has 8 nitrogen and oxygen atoms in total. The van der Waals surface area contributed by atoms with Crippen molar-refractivity contribution in [3.05, 3.63) is 17.0 Å². The second kappa shape index (κ2) is 5.12. The van der Waals surface area contributed by atoms with E-state index in [0.29, 0.717) is 0 Å². The van der Waals surface area contributed by atoms with Gasteiger partial charge in [-0.3, -0.25) is 0 Å². The molecular weight excluding hydrogens is 302 g/mol. The molecule has 2 heterocycles. The third kappa shape index (κ3) is 2.77. The number of anilines is 1. The molecule has 0 fully saturated rings. The maximum atomic E-state index is 12.2. The van der Waals surface area contributed by atoms with Gasteiger partial charge in [0.15, 0.2) is 6.04 Å². The summed E-state index contributed by atoms with van der Waals surface area (Å²) in [4.78, 5) is 31.9. The first-order chi connectivity index (χ1) is 9.63. The van der Waals surface area contributed by atoms with Crippen molar-refractivity contribution in [1.29, 1.82) is 0 Å². The number of aromatic nitrogens is 2. The third-order valence-electron chi connectivity index (χ3n) is 2.76. The molecule has 1 aliphatic rings. The van der Waals surface area contributed by atoms with Crippen LogP contribution in [0.3, 0.4) is 0 Å². The average molecular weight is 316 g/mol. The van der Waals surface area contributed by atoms with Crippen LogP contribution in [0.5, 0.6) is 0 Å². The van der Waals surface area contributed by atoms with Crippen LogP contribution in [0.15, 0.2) is 6.33 Å². The Morgan fingerprint density at radius 1 is 1.38 bits per heavy atom. The lowest BCUT2D eigenvalue weighted by molar-refractivity contribution is -0.141. The van der Waals surface area contributed by atoms with Gasteiger partial charge in [-0.25, -0.2) is 24.5 Å². The molecule has 9 heteroatoms. The minimum Gasteiger partial charge on any atom is -0.480 e. The van der Waals surface area contributed by atoms with E-state index in [1.807, 2.05) is 0 Å². The molecule has 2 N–H and O–H groups in total. The summed E-state index contributed by atoms with van der Waals surface area (Å²) in [5, 5.41) is 19.3. The highest BCUT2D eigenvalue weighted by Gasteiger charge is 2.49. The normalized spacial score (nSPS) is 21.1. The Bertz CT molecular complexity index is 601. The van der Waals surface area contributed by atoms with Gasteiger partial charge < -0.3 is 14.9 Å². The number of ether oxygens (including phenoxy) is 1. The van der Waals surface area contributed by atoms with Crippen LogP contribution in [0.4, 0.5) is 10.6 Å². The first-order valence-electron chi connectivity index (χ1n) is 6.07. The number of carbonyl (C=O) groups excluding carboxylic acids is 1. The Labute approximate surface area is 125 Å². The van der Waals surface area contributed by atoms with Crippen molar-refractivity contribution in [2.75, 3.05) is 4.90 Å². The monoisotopic (exact) mass is 315 g/mol. The summed E-state index contributed by atoms with van der Waals surface area (Å²) in [6.45, 7) is 4.92. The van der Waals surface area contributed by atoms with Gasteiger partial charge in [-0.05, 0) is 20.8 Å². The van der Waals surface area contributed by atoms with Crippen LogP contribution in [0, 0.1) is 0 Å². The molecule has 21 heavy (non-hydrogen) atoms. The fourth-order valence-electron chi connectivity index (χ4n) is 2.00. The minimum absolute atomic E-state index is 0.00238. The maximum absolute atomic E-state index is 12.2. The average Bonchev–Trinajstić information content (AvgIpc) is 2.61. The number of fused-ring (bicyclic) bond motifs is 1. The SMILES string of the molecule is CC(C)(C)OC(=O)N1c2ncnc(Cl)c2C(O)C1C(=O)O. The van der Waals surface area contributed by atoms with E-state index in [4.69, 9.17) is 16.3 Å². The molecular formula is C12H14ClN3O5. The molecule has 1 aliphatic heterocycles. The van der Waals surface area contributed by atoms with Crippen LogP contribution >= 0.6 is 11.6 Å². The molecule has 0 aromatic carbocycles. The molecule has 0 spiro atoms. The number of nitrogens with zero attached hydrogens (tertiary/aromatic N) is 3. The lowest BCUT2D eigenvalue weighted by Crippen LogP contribution is -2.47. The van der Waals surface area contributed by atoms with E-state index in [2.05, 4.69) is 9.97 Å². The Hall–Kier alpha value is -1.93. The lowest BCUT2D eigenvalue weighted by atomic mass is 10.1. The van der Waals surface area contributed by atoms with E-state index in [-0.39, 0.29) is 16.5 Å². The summed E-state index contributed by atoms with van der Waals surface area (Å²) in [6.07, 6.45) is -1.38. The summed E-state index contributed by atoms with van der Waals surface area (Å²) >= 11 is 5.85. The molecule has 2 atom stereocenters. The zero-order valence-electron chi connectivity index (χ0n) is 11.6. The topological polar surface area (TPSA) is 113 Å². The van der Waals surface area contributed by atoms with Gasteiger partial charge in [0, 0.05) is 0 Å². The van der Waals surface area contributed by atoms with Crippen molar-refractivity contribution in [2.45, 2.75) is 38.5 Å². The first-order valence-corrected chi connectivity index (χ1v) is 6.44. The summed E-state index contributed by atoms with van der Waals surface area (Å²) in [5.41, 5.74) is -0.831. The molecule has 114 valence electrons. The van der Waals surface area contributed by atoms with Crippen LogP contribution in [0.2, 0.25) is 5.15 Å². The number of carboxylic acid groups (broad SMARTS) is 1. The minimum atomic E-state index is -1.57. The second-order valence-corrected chi connectivity index (χ2v) is 5.84. The van der Waals surface area contributed by atoms with Gasteiger partial charge in [-0.1, -0.05) is 11.6 Å². The molecule has 0 radical (unpaired) electrons. The van der Waals surface area contributed by atoms with Gasteiger partial charge >= 0.3 is 12.1 Å². The molecule has 0 saturated carbocycles. The van der Waals surface area contributed by atoms with Crippen molar-refractivity contribution in [1.82, 2.24) is 9.97 Å². The molecule has 1 aromatic rings. The van der Waals surface area contributed by atoms with Crippen molar-refractivity contribution >= 4 is 29.5 Å². The van der Waals surface area contributed by atoms with Crippen molar-refractivity contribution in [3.63, 3.8) is 0 Å². The zero-order chi connectivity index (χ0) is 15.9. The molecule has 1 aromatic heterocycles. The number of carbonyl (C=O) groups is 2. The van der Waals surface area contributed by atoms with Gasteiger partial charge in [0.1, 0.15) is 29.0 Å². The van der Waals surface area contributed by atoms with Gasteiger partial charge in [0.05, 0.1) is 5.56 Å². The Morgan fingerprint density at radius 3 is 2.52 bits per heavy atom. The summed E-state index contributed by atoms with van der Waals surface area (Å²) in [7, 11) is 0. The molecule has 0 saturated heterocycles. The Morgan fingerprint density at radius 2 is 2.00 bits per heavy atom. The highest BCUT2D eigenvalue weighted by molar-refractivity contribution is 6.30. The number of aliphatic carboxylic acids is 1. The van der Waals surface area contributed by atoms with E-state index in [1.165, 1.54) is 0 Å². The second-order valence-electron chi connectivity index (χ2n) is 5.48. The predicted octanol–water partition coefficient (Wildman–Crippen LogP) is 1.37. The highest BCUT2D eigenvalue weighted by Crippen LogP contribution is 2.41. The van der Waals surface area contributed by atoms with Crippen molar-refractivity contribution in [2.24, 2.45) is 0 Å². The Balaban J connectivity index is 2.50. The van der Waals surface area contributed by atoms with Crippen LogP contribution in [0.25, 0.3) is 0 Å². The first kappa shape index (κ1) is 15.5. The smallest absolute Gasteiger partial charge is 0.416 e. The van der Waals surface area contributed by atoms with Gasteiger partial charge in [-0.2, -0.15) is 0 Å². The third-order valence-corrected chi connectivity index (χ3v) is 3.06. The van der Waals surface area contributed by atoms with Gasteiger partial charge in [0.2, 0.25) is 0 Å². The van der Waals surface area contributed by atoms with E-state index in [0.717, 1.165) is 11.2 Å². The summed E-state index contributed by atoms with van der Waals surface area (Å²) in [5.74, 6) is -1.47. The number of aliphatic hydroxyl groups excluding tert-OH is 1. The number of hydrogen-bond donors (Lipinski definition) is 2. The number of rotatable bonds is 1. The summed E-state index contributed by atoms with van der Waals surface area (Å²) in [6, 6.07) is -1.57.